The van der Waals surface area contributed by atoms with Crippen molar-refractivity contribution < 1.29 is 14.6 Å². The average molecular weight is 256 g/mol. The Kier molecular flexibility index (Phi) is 3.99. The molecule has 1 N–H and O–H groups in total. The van der Waals surface area contributed by atoms with Gasteiger partial charge in [0.05, 0.1) is 19.3 Å². The van der Waals surface area contributed by atoms with Crippen LogP contribution in [0.1, 0.15) is 11.7 Å². The molecule has 92 valence electrons. The van der Waals surface area contributed by atoms with Crippen molar-refractivity contribution in [3.63, 3.8) is 0 Å². The van der Waals surface area contributed by atoms with Crippen molar-refractivity contribution in [2.24, 2.45) is 0 Å². The monoisotopic (exact) mass is 255 g/mol. The normalized spacial score (nSPS) is 21.4. The lowest BCUT2D eigenvalue weighted by atomic mass is 10.1. The second-order valence-corrected chi connectivity index (χ2v) is 4.42. The van der Waals surface area contributed by atoms with Gasteiger partial charge in [-0.2, -0.15) is 0 Å². The van der Waals surface area contributed by atoms with Gasteiger partial charge in [-0.05, 0) is 6.07 Å². The first kappa shape index (κ1) is 12.4. The number of hydrogen-bond acceptors (Lipinski definition) is 3. The summed E-state index contributed by atoms with van der Waals surface area (Å²) < 4.78 is 5.64. The Morgan fingerprint density at radius 3 is 3.00 bits per heavy atom. The van der Waals surface area contributed by atoms with Crippen LogP contribution < -0.4 is 0 Å². The summed E-state index contributed by atoms with van der Waals surface area (Å²) in [5.41, 5.74) is 0.921. The first-order chi connectivity index (χ1) is 8.16. The number of hydrogen-bond donors (Lipinski definition) is 1. The molecular formula is C12H14ClNO3. The van der Waals surface area contributed by atoms with Crippen molar-refractivity contribution in [3.05, 3.63) is 34.9 Å². The van der Waals surface area contributed by atoms with Crippen LogP contribution in [0.3, 0.4) is 0 Å². The van der Waals surface area contributed by atoms with Crippen molar-refractivity contribution in [1.29, 1.82) is 0 Å². The van der Waals surface area contributed by atoms with Crippen molar-refractivity contribution in [2.75, 3.05) is 26.2 Å². The number of carboxylic acid groups (broad SMARTS) is 1. The molecule has 1 aromatic carbocycles. The van der Waals surface area contributed by atoms with E-state index in [0.29, 0.717) is 24.7 Å². The van der Waals surface area contributed by atoms with Gasteiger partial charge < -0.3 is 9.84 Å². The number of ether oxygens (including phenoxy) is 1. The fourth-order valence-corrected chi connectivity index (χ4v) is 2.22. The maximum atomic E-state index is 10.7. The predicted octanol–water partition coefficient (Wildman–Crippen LogP) is 1.80. The topological polar surface area (TPSA) is 49.8 Å². The number of carbonyl (C=O) groups is 1. The highest BCUT2D eigenvalue weighted by Crippen LogP contribution is 2.28. The van der Waals surface area contributed by atoms with Gasteiger partial charge in [0, 0.05) is 23.7 Å². The molecule has 1 aromatic rings. The van der Waals surface area contributed by atoms with Gasteiger partial charge in [0.1, 0.15) is 0 Å². The molecule has 1 fully saturated rings. The summed E-state index contributed by atoms with van der Waals surface area (Å²) in [6.07, 6.45) is -0.142. The van der Waals surface area contributed by atoms with Gasteiger partial charge in [0.2, 0.25) is 0 Å². The molecule has 0 radical (unpaired) electrons. The Bertz CT molecular complexity index is 410. The molecule has 1 aliphatic heterocycles. The van der Waals surface area contributed by atoms with Crippen LogP contribution in [0.4, 0.5) is 0 Å². The third-order valence-electron chi connectivity index (χ3n) is 2.76. The van der Waals surface area contributed by atoms with Gasteiger partial charge >= 0.3 is 5.97 Å². The van der Waals surface area contributed by atoms with E-state index in [1.807, 2.05) is 29.2 Å². The predicted molar refractivity (Wildman–Crippen MR) is 64.2 cm³/mol. The molecule has 1 saturated heterocycles. The number of benzene rings is 1. The van der Waals surface area contributed by atoms with Gasteiger partial charge in [-0.25, -0.2) is 0 Å². The standard InChI is InChI=1S/C12H14ClNO3/c13-10-4-2-1-3-9(10)11-7-14(5-6-17-11)8-12(15)16/h1-4,11H,5-8H2,(H,15,16)/t11-/m1/s1. The van der Waals surface area contributed by atoms with Crippen molar-refractivity contribution in [3.8, 4) is 0 Å². The van der Waals surface area contributed by atoms with Crippen LogP contribution >= 0.6 is 11.6 Å². The molecule has 5 heteroatoms. The fourth-order valence-electron chi connectivity index (χ4n) is 1.96. The Morgan fingerprint density at radius 1 is 1.53 bits per heavy atom. The minimum absolute atomic E-state index is 0.0459. The van der Waals surface area contributed by atoms with Crippen molar-refractivity contribution in [2.45, 2.75) is 6.10 Å². The number of rotatable bonds is 3. The van der Waals surface area contributed by atoms with Crippen LogP contribution in [0, 0.1) is 0 Å². The fraction of sp³-hybridized carbons (Fsp3) is 0.417. The van der Waals surface area contributed by atoms with E-state index in [0.717, 1.165) is 5.56 Å². The molecule has 1 heterocycles. The Hall–Kier alpha value is -1.10. The van der Waals surface area contributed by atoms with Crippen molar-refractivity contribution in [1.82, 2.24) is 4.90 Å². The van der Waals surface area contributed by atoms with Gasteiger partial charge in [0.25, 0.3) is 0 Å². The number of carboxylic acids is 1. The lowest BCUT2D eigenvalue weighted by molar-refractivity contribution is -0.140. The molecule has 0 spiro atoms. The summed E-state index contributed by atoms with van der Waals surface area (Å²) in [6, 6.07) is 7.50. The van der Waals surface area contributed by atoms with E-state index in [-0.39, 0.29) is 12.6 Å². The highest BCUT2D eigenvalue weighted by molar-refractivity contribution is 6.31. The molecule has 0 bridgehead atoms. The molecule has 2 rings (SSSR count). The number of nitrogens with zero attached hydrogens (tertiary/aromatic N) is 1. The summed E-state index contributed by atoms with van der Waals surface area (Å²) >= 11 is 6.10. The molecule has 1 aliphatic rings. The van der Waals surface area contributed by atoms with Crippen LogP contribution in [0.25, 0.3) is 0 Å². The maximum Gasteiger partial charge on any atom is 0.317 e. The average Bonchev–Trinajstić information content (AvgIpc) is 2.29. The largest absolute Gasteiger partial charge is 0.480 e. The van der Waals surface area contributed by atoms with Gasteiger partial charge in [0.15, 0.2) is 0 Å². The van der Waals surface area contributed by atoms with E-state index in [1.165, 1.54) is 0 Å². The summed E-state index contributed by atoms with van der Waals surface area (Å²) in [6.45, 7) is 1.79. The zero-order valence-corrected chi connectivity index (χ0v) is 10.1. The Morgan fingerprint density at radius 2 is 2.29 bits per heavy atom. The molecule has 1 atom stereocenters. The molecule has 0 amide bonds. The molecule has 0 saturated carbocycles. The molecule has 4 nitrogen and oxygen atoms in total. The van der Waals surface area contributed by atoms with E-state index >= 15 is 0 Å². The number of halogens is 1. The SMILES string of the molecule is O=C(O)CN1CCO[C@@H](c2ccccc2Cl)C1. The van der Waals surface area contributed by atoms with Gasteiger partial charge in [-0.1, -0.05) is 29.8 Å². The quantitative estimate of drug-likeness (QED) is 0.895. The number of morpholine rings is 1. The highest BCUT2D eigenvalue weighted by Gasteiger charge is 2.24. The van der Waals surface area contributed by atoms with E-state index in [2.05, 4.69) is 0 Å². The Labute approximate surface area is 105 Å². The van der Waals surface area contributed by atoms with E-state index in [9.17, 15) is 4.79 Å². The minimum atomic E-state index is -0.815. The summed E-state index contributed by atoms with van der Waals surface area (Å²) in [4.78, 5) is 12.5. The second-order valence-electron chi connectivity index (χ2n) is 4.01. The van der Waals surface area contributed by atoms with Crippen LogP contribution in [-0.2, 0) is 9.53 Å². The smallest absolute Gasteiger partial charge is 0.317 e. The summed E-state index contributed by atoms with van der Waals surface area (Å²) in [5.74, 6) is -0.815. The highest BCUT2D eigenvalue weighted by atomic mass is 35.5. The lowest BCUT2D eigenvalue weighted by Gasteiger charge is -2.32. The maximum absolute atomic E-state index is 10.7. The first-order valence-corrected chi connectivity index (χ1v) is 5.85. The molecule has 0 aliphatic carbocycles. The van der Waals surface area contributed by atoms with Crippen LogP contribution in [-0.4, -0.2) is 42.2 Å². The third kappa shape index (κ3) is 3.19. The zero-order chi connectivity index (χ0) is 12.3. The Balaban J connectivity index is 2.07. The lowest BCUT2D eigenvalue weighted by Crippen LogP contribution is -2.41. The van der Waals surface area contributed by atoms with Crippen LogP contribution in [0.2, 0.25) is 5.02 Å². The third-order valence-corrected chi connectivity index (χ3v) is 3.11. The summed E-state index contributed by atoms with van der Waals surface area (Å²) in [7, 11) is 0. The van der Waals surface area contributed by atoms with Crippen LogP contribution in [0.5, 0.6) is 0 Å². The molecule has 0 aromatic heterocycles. The second kappa shape index (κ2) is 5.49. The van der Waals surface area contributed by atoms with Crippen LogP contribution in [0.15, 0.2) is 24.3 Å². The summed E-state index contributed by atoms with van der Waals surface area (Å²) in [5, 5.41) is 9.43. The minimum Gasteiger partial charge on any atom is -0.480 e. The zero-order valence-electron chi connectivity index (χ0n) is 9.30. The van der Waals surface area contributed by atoms with Crippen molar-refractivity contribution >= 4 is 17.6 Å². The molecular weight excluding hydrogens is 242 g/mol. The first-order valence-electron chi connectivity index (χ1n) is 5.47. The van der Waals surface area contributed by atoms with E-state index in [1.54, 1.807) is 0 Å². The van der Waals surface area contributed by atoms with E-state index < -0.39 is 5.97 Å². The van der Waals surface area contributed by atoms with Gasteiger partial charge in [-0.15, -0.1) is 0 Å². The number of aliphatic carboxylic acids is 1. The molecule has 0 unspecified atom stereocenters. The van der Waals surface area contributed by atoms with Gasteiger partial charge in [-0.3, -0.25) is 9.69 Å². The van der Waals surface area contributed by atoms with E-state index in [4.69, 9.17) is 21.4 Å². The molecule has 17 heavy (non-hydrogen) atoms.